The molecule has 9 heteroatoms. The van der Waals surface area contributed by atoms with Gasteiger partial charge in [-0.1, -0.05) is 12.1 Å². The summed E-state index contributed by atoms with van der Waals surface area (Å²) in [6.07, 6.45) is 6.87. The second-order valence-corrected chi connectivity index (χ2v) is 6.12. The number of para-hydroxylation sites is 2. The number of benzene rings is 1. The average Bonchev–Trinajstić information content (AvgIpc) is 3.43. The van der Waals surface area contributed by atoms with Gasteiger partial charge in [0.15, 0.2) is 11.6 Å². The molecular weight excluding hydrogens is 344 g/mol. The molecule has 1 aromatic carbocycles. The fourth-order valence-corrected chi connectivity index (χ4v) is 3.07. The van der Waals surface area contributed by atoms with Crippen molar-refractivity contribution in [3.05, 3.63) is 66.8 Å². The minimum absolute atomic E-state index is 0.0607. The van der Waals surface area contributed by atoms with Crippen LogP contribution in [0.25, 0.3) is 5.69 Å². The van der Waals surface area contributed by atoms with E-state index in [1.54, 1.807) is 24.3 Å². The maximum atomic E-state index is 5.53. The Kier molecular flexibility index (Phi) is 4.41. The van der Waals surface area contributed by atoms with Crippen LogP contribution in [0.2, 0.25) is 0 Å². The van der Waals surface area contributed by atoms with Gasteiger partial charge in [0.2, 0.25) is 0 Å². The van der Waals surface area contributed by atoms with Crippen LogP contribution in [0, 0.1) is 6.92 Å². The summed E-state index contributed by atoms with van der Waals surface area (Å²) in [5.74, 6) is 3.07. The number of hydrogen-bond donors (Lipinski definition) is 0. The van der Waals surface area contributed by atoms with Crippen LogP contribution in [0.5, 0.6) is 5.75 Å². The van der Waals surface area contributed by atoms with E-state index < -0.39 is 0 Å². The third-order valence-corrected chi connectivity index (χ3v) is 4.41. The predicted molar refractivity (Wildman–Crippen MR) is 97.8 cm³/mol. The monoisotopic (exact) mass is 364 g/mol. The van der Waals surface area contributed by atoms with Gasteiger partial charge < -0.3 is 9.30 Å². The SMILES string of the molecule is COc1ccccc1-n1nc(Cn2cncn2)nc1[C@@H](C)n1ccnc1C. The molecule has 0 amide bonds. The van der Waals surface area contributed by atoms with E-state index in [4.69, 9.17) is 14.8 Å². The van der Waals surface area contributed by atoms with Gasteiger partial charge in [0, 0.05) is 12.4 Å². The Bertz CT molecular complexity index is 1030. The molecule has 0 saturated heterocycles. The first-order chi connectivity index (χ1) is 13.2. The summed E-state index contributed by atoms with van der Waals surface area (Å²) in [7, 11) is 1.65. The fourth-order valence-electron chi connectivity index (χ4n) is 3.07. The molecule has 1 atom stereocenters. The smallest absolute Gasteiger partial charge is 0.172 e. The van der Waals surface area contributed by atoms with Gasteiger partial charge in [-0.2, -0.15) is 5.10 Å². The number of rotatable bonds is 6. The van der Waals surface area contributed by atoms with Gasteiger partial charge in [0.1, 0.15) is 36.5 Å². The second-order valence-electron chi connectivity index (χ2n) is 6.12. The molecule has 0 spiro atoms. The summed E-state index contributed by atoms with van der Waals surface area (Å²) >= 11 is 0. The van der Waals surface area contributed by atoms with Crippen molar-refractivity contribution in [1.82, 2.24) is 39.1 Å². The lowest BCUT2D eigenvalue weighted by molar-refractivity contribution is 0.410. The predicted octanol–water partition coefficient (Wildman–Crippen LogP) is 2.03. The molecule has 0 saturated carbocycles. The molecule has 4 aromatic rings. The van der Waals surface area contributed by atoms with E-state index in [-0.39, 0.29) is 6.04 Å². The number of imidazole rings is 1. The highest BCUT2D eigenvalue weighted by Crippen LogP contribution is 2.26. The molecule has 3 heterocycles. The van der Waals surface area contributed by atoms with Crippen LogP contribution < -0.4 is 4.74 Å². The Morgan fingerprint density at radius 1 is 1.22 bits per heavy atom. The van der Waals surface area contributed by atoms with E-state index in [1.165, 1.54) is 6.33 Å². The van der Waals surface area contributed by atoms with Crippen molar-refractivity contribution in [3.63, 3.8) is 0 Å². The highest BCUT2D eigenvalue weighted by atomic mass is 16.5. The molecule has 27 heavy (non-hydrogen) atoms. The van der Waals surface area contributed by atoms with Gasteiger partial charge in [-0.25, -0.2) is 24.3 Å². The van der Waals surface area contributed by atoms with Crippen LogP contribution in [-0.2, 0) is 6.54 Å². The fraction of sp³-hybridized carbons (Fsp3) is 0.278. The van der Waals surface area contributed by atoms with E-state index in [0.29, 0.717) is 12.4 Å². The number of ether oxygens (including phenoxy) is 1. The maximum Gasteiger partial charge on any atom is 0.172 e. The zero-order valence-electron chi connectivity index (χ0n) is 15.4. The van der Waals surface area contributed by atoms with Crippen LogP contribution in [0.4, 0.5) is 0 Å². The lowest BCUT2D eigenvalue weighted by Gasteiger charge is -2.16. The summed E-state index contributed by atoms with van der Waals surface area (Å²) in [5, 5.41) is 8.87. The molecule has 0 aliphatic carbocycles. The first-order valence-electron chi connectivity index (χ1n) is 8.58. The molecule has 3 aromatic heterocycles. The van der Waals surface area contributed by atoms with Crippen molar-refractivity contribution >= 4 is 0 Å². The highest BCUT2D eigenvalue weighted by molar-refractivity contribution is 5.46. The number of aromatic nitrogens is 8. The molecule has 138 valence electrons. The van der Waals surface area contributed by atoms with E-state index in [9.17, 15) is 0 Å². The Balaban J connectivity index is 1.82. The van der Waals surface area contributed by atoms with Crippen LogP contribution in [-0.4, -0.2) is 46.2 Å². The van der Waals surface area contributed by atoms with E-state index >= 15 is 0 Å². The molecule has 9 nitrogen and oxygen atoms in total. The Morgan fingerprint density at radius 2 is 2.07 bits per heavy atom. The molecular formula is C18H20N8O. The minimum atomic E-state index is -0.0607. The van der Waals surface area contributed by atoms with Crippen LogP contribution in [0.1, 0.15) is 30.4 Å². The van der Waals surface area contributed by atoms with Crippen molar-refractivity contribution in [1.29, 1.82) is 0 Å². The number of nitrogens with zero attached hydrogens (tertiary/aromatic N) is 8. The van der Waals surface area contributed by atoms with E-state index in [1.807, 2.05) is 42.1 Å². The second kappa shape index (κ2) is 7.02. The summed E-state index contributed by atoms with van der Waals surface area (Å²) < 4.78 is 11.1. The van der Waals surface area contributed by atoms with E-state index in [0.717, 1.165) is 23.1 Å². The Hall–Kier alpha value is -3.49. The molecule has 0 radical (unpaired) electrons. The first-order valence-corrected chi connectivity index (χ1v) is 8.58. The molecule has 0 unspecified atom stereocenters. The maximum absolute atomic E-state index is 5.53. The summed E-state index contributed by atoms with van der Waals surface area (Å²) in [6.45, 7) is 4.48. The van der Waals surface area contributed by atoms with Crippen molar-refractivity contribution in [2.45, 2.75) is 26.4 Å². The van der Waals surface area contributed by atoms with Gasteiger partial charge in [0.25, 0.3) is 0 Å². The molecule has 0 fully saturated rings. The van der Waals surface area contributed by atoms with E-state index in [2.05, 4.69) is 26.6 Å². The highest BCUT2D eigenvalue weighted by Gasteiger charge is 2.22. The van der Waals surface area contributed by atoms with Gasteiger partial charge in [-0.15, -0.1) is 5.10 Å². The minimum Gasteiger partial charge on any atom is -0.494 e. The average molecular weight is 364 g/mol. The molecule has 0 N–H and O–H groups in total. The largest absolute Gasteiger partial charge is 0.494 e. The topological polar surface area (TPSA) is 88.5 Å². The third-order valence-electron chi connectivity index (χ3n) is 4.41. The van der Waals surface area contributed by atoms with Crippen LogP contribution in [0.3, 0.4) is 0 Å². The van der Waals surface area contributed by atoms with Crippen molar-refractivity contribution in [3.8, 4) is 11.4 Å². The zero-order chi connectivity index (χ0) is 18.8. The lowest BCUT2D eigenvalue weighted by atomic mass is 10.2. The molecule has 0 aliphatic rings. The van der Waals surface area contributed by atoms with Crippen molar-refractivity contribution in [2.24, 2.45) is 0 Å². The van der Waals surface area contributed by atoms with Crippen LogP contribution in [0.15, 0.2) is 49.3 Å². The number of methoxy groups -OCH3 is 1. The standard InChI is InChI=1S/C18H20N8O/c1-13(25-9-8-20-14(25)2)18-22-17(10-24-12-19-11-21-24)23-26(18)15-6-4-5-7-16(15)27-3/h4-9,11-13H,10H2,1-3H3/t13-/m1/s1. The molecule has 4 rings (SSSR count). The summed E-state index contributed by atoms with van der Waals surface area (Å²) in [6, 6.07) is 7.69. The van der Waals surface area contributed by atoms with Gasteiger partial charge >= 0.3 is 0 Å². The van der Waals surface area contributed by atoms with Crippen molar-refractivity contribution in [2.75, 3.05) is 7.11 Å². The van der Waals surface area contributed by atoms with Gasteiger partial charge in [-0.05, 0) is 26.0 Å². The zero-order valence-corrected chi connectivity index (χ0v) is 15.4. The summed E-state index contributed by atoms with van der Waals surface area (Å²) in [4.78, 5) is 13.1. The first kappa shape index (κ1) is 17.0. The number of aryl methyl sites for hydroxylation is 1. The van der Waals surface area contributed by atoms with Crippen molar-refractivity contribution < 1.29 is 4.74 Å². The lowest BCUT2D eigenvalue weighted by Crippen LogP contribution is -2.14. The Morgan fingerprint density at radius 3 is 2.78 bits per heavy atom. The quantitative estimate of drug-likeness (QED) is 0.520. The molecule has 0 bridgehead atoms. The third kappa shape index (κ3) is 3.19. The van der Waals surface area contributed by atoms with Gasteiger partial charge in [-0.3, -0.25) is 0 Å². The normalized spacial score (nSPS) is 12.3. The number of hydrogen-bond acceptors (Lipinski definition) is 6. The Labute approximate surface area is 156 Å². The van der Waals surface area contributed by atoms with Gasteiger partial charge in [0.05, 0.1) is 13.2 Å². The summed E-state index contributed by atoms with van der Waals surface area (Å²) in [5.41, 5.74) is 0.831. The van der Waals surface area contributed by atoms with Crippen LogP contribution >= 0.6 is 0 Å². The molecule has 0 aliphatic heterocycles.